The van der Waals surface area contributed by atoms with Crippen LogP contribution in [0.3, 0.4) is 0 Å². The van der Waals surface area contributed by atoms with Gasteiger partial charge in [-0.25, -0.2) is 9.37 Å². The molecule has 3 aromatic rings. The Morgan fingerprint density at radius 3 is 2.69 bits per heavy atom. The van der Waals surface area contributed by atoms with Crippen LogP contribution in [0, 0.1) is 11.7 Å². The molecule has 0 aliphatic heterocycles. The van der Waals surface area contributed by atoms with Crippen molar-refractivity contribution in [3.63, 3.8) is 0 Å². The summed E-state index contributed by atoms with van der Waals surface area (Å²) in [7, 11) is 0. The fourth-order valence-corrected chi connectivity index (χ4v) is 4.20. The molecule has 0 spiro atoms. The minimum Gasteiger partial charge on any atom is -0.366 e. The maximum absolute atomic E-state index is 13.4. The van der Waals surface area contributed by atoms with E-state index < -0.39 is 0 Å². The molecule has 0 unspecified atom stereocenters. The van der Waals surface area contributed by atoms with Gasteiger partial charge in [-0.05, 0) is 48.2 Å². The number of hydrogen-bond donors (Lipinski definition) is 1. The first kappa shape index (κ1) is 19.8. The molecule has 150 valence electrons. The van der Waals surface area contributed by atoms with Gasteiger partial charge in [-0.15, -0.1) is 0 Å². The fraction of sp³-hybridized carbons (Fsp3) is 0.333. The molecule has 1 aromatic carbocycles. The summed E-state index contributed by atoms with van der Waals surface area (Å²) < 4.78 is 13.4. The van der Waals surface area contributed by atoms with Crippen molar-refractivity contribution in [1.82, 2.24) is 9.97 Å². The lowest BCUT2D eigenvalue weighted by Crippen LogP contribution is -2.10. The van der Waals surface area contributed by atoms with Gasteiger partial charge < -0.3 is 5.32 Å². The van der Waals surface area contributed by atoms with Crippen LogP contribution in [0.15, 0.2) is 54.7 Å². The third-order valence-corrected chi connectivity index (χ3v) is 5.82. The molecular formula is C24H25ClFN3. The maximum Gasteiger partial charge on any atom is 0.126 e. The van der Waals surface area contributed by atoms with Gasteiger partial charge in [0.1, 0.15) is 11.6 Å². The summed E-state index contributed by atoms with van der Waals surface area (Å²) in [6.07, 6.45) is 9.33. The first-order valence-electron chi connectivity index (χ1n) is 10.3. The van der Waals surface area contributed by atoms with E-state index >= 15 is 0 Å². The number of anilines is 1. The Labute approximate surface area is 176 Å². The highest BCUT2D eigenvalue weighted by atomic mass is 35.5. The van der Waals surface area contributed by atoms with E-state index in [1.165, 1.54) is 44.2 Å². The van der Waals surface area contributed by atoms with E-state index in [4.69, 9.17) is 16.6 Å². The normalized spacial score (nSPS) is 14.7. The van der Waals surface area contributed by atoms with E-state index in [9.17, 15) is 4.39 Å². The van der Waals surface area contributed by atoms with E-state index in [-0.39, 0.29) is 5.82 Å². The lowest BCUT2D eigenvalue weighted by molar-refractivity contribution is 0.354. The standard InChI is InChI=1S/C24H25ClFN3/c25-22-16-27-20(13-17-6-2-1-3-7-17)14-21(22)23-10-5-11-24(29-23)28-15-18-8-4-9-19(26)12-18/h4-5,8-12,14,16-17H,1-3,6-7,13,15H2,(H,28,29). The van der Waals surface area contributed by atoms with Gasteiger partial charge in [0.05, 0.1) is 10.7 Å². The molecule has 0 amide bonds. The van der Waals surface area contributed by atoms with Crippen LogP contribution < -0.4 is 5.32 Å². The number of benzene rings is 1. The molecule has 0 radical (unpaired) electrons. The minimum atomic E-state index is -0.236. The van der Waals surface area contributed by atoms with Crippen molar-refractivity contribution in [2.45, 2.75) is 45.1 Å². The van der Waals surface area contributed by atoms with Gasteiger partial charge in [0.2, 0.25) is 0 Å². The van der Waals surface area contributed by atoms with Crippen LogP contribution in [0.25, 0.3) is 11.3 Å². The molecule has 1 saturated carbocycles. The monoisotopic (exact) mass is 409 g/mol. The van der Waals surface area contributed by atoms with Gasteiger partial charge in [-0.3, -0.25) is 4.98 Å². The number of pyridine rings is 2. The van der Waals surface area contributed by atoms with E-state index in [2.05, 4.69) is 16.4 Å². The average Bonchev–Trinajstić information content (AvgIpc) is 2.75. The van der Waals surface area contributed by atoms with Gasteiger partial charge >= 0.3 is 0 Å². The second kappa shape index (κ2) is 9.36. The highest BCUT2D eigenvalue weighted by Gasteiger charge is 2.16. The molecule has 0 saturated heterocycles. The van der Waals surface area contributed by atoms with Gasteiger partial charge in [0.15, 0.2) is 0 Å². The van der Waals surface area contributed by atoms with Gasteiger partial charge in [0, 0.05) is 24.0 Å². The summed E-state index contributed by atoms with van der Waals surface area (Å²) >= 11 is 6.45. The van der Waals surface area contributed by atoms with Crippen LogP contribution in [0.5, 0.6) is 0 Å². The van der Waals surface area contributed by atoms with Crippen LogP contribution >= 0.6 is 11.6 Å². The number of aromatic nitrogens is 2. The van der Waals surface area contributed by atoms with Gasteiger partial charge in [-0.1, -0.05) is 61.9 Å². The maximum atomic E-state index is 13.4. The molecule has 1 fully saturated rings. The Bertz CT molecular complexity index is 970. The number of rotatable bonds is 6. The van der Waals surface area contributed by atoms with Crippen molar-refractivity contribution in [1.29, 1.82) is 0 Å². The lowest BCUT2D eigenvalue weighted by Gasteiger charge is -2.21. The molecule has 5 heteroatoms. The highest BCUT2D eigenvalue weighted by molar-refractivity contribution is 6.33. The Kier molecular flexibility index (Phi) is 6.40. The third-order valence-electron chi connectivity index (χ3n) is 5.52. The van der Waals surface area contributed by atoms with Crippen molar-refractivity contribution in [3.8, 4) is 11.3 Å². The second-order valence-electron chi connectivity index (χ2n) is 7.76. The third kappa shape index (κ3) is 5.33. The molecule has 2 heterocycles. The summed E-state index contributed by atoms with van der Waals surface area (Å²) in [5.41, 5.74) is 3.67. The van der Waals surface area contributed by atoms with Crippen molar-refractivity contribution in [2.24, 2.45) is 5.92 Å². The molecule has 1 aliphatic rings. The zero-order valence-electron chi connectivity index (χ0n) is 16.4. The summed E-state index contributed by atoms with van der Waals surface area (Å²) in [6.45, 7) is 0.505. The van der Waals surface area contributed by atoms with Gasteiger partial charge in [-0.2, -0.15) is 0 Å². The Hall–Kier alpha value is -2.46. The van der Waals surface area contributed by atoms with Crippen LogP contribution in [0.4, 0.5) is 10.2 Å². The zero-order chi connectivity index (χ0) is 20.1. The average molecular weight is 410 g/mol. The number of halogens is 2. The van der Waals surface area contributed by atoms with E-state index in [0.29, 0.717) is 11.6 Å². The summed E-state index contributed by atoms with van der Waals surface area (Å²) in [5.74, 6) is 1.21. The number of hydrogen-bond acceptors (Lipinski definition) is 3. The SMILES string of the molecule is Fc1cccc(CNc2cccc(-c3cc(CC4CCCCC4)ncc3Cl)n2)c1. The predicted molar refractivity (Wildman–Crippen MR) is 116 cm³/mol. The molecule has 0 bridgehead atoms. The van der Waals surface area contributed by atoms with Crippen molar-refractivity contribution >= 4 is 17.4 Å². The van der Waals surface area contributed by atoms with Crippen molar-refractivity contribution in [3.05, 3.63) is 76.8 Å². The summed E-state index contributed by atoms with van der Waals surface area (Å²) in [4.78, 5) is 9.27. The quantitative estimate of drug-likeness (QED) is 0.494. The topological polar surface area (TPSA) is 37.8 Å². The summed E-state index contributed by atoms with van der Waals surface area (Å²) in [6, 6.07) is 14.5. The van der Waals surface area contributed by atoms with E-state index in [1.54, 1.807) is 12.3 Å². The molecular weight excluding hydrogens is 385 g/mol. The molecule has 4 rings (SSSR count). The minimum absolute atomic E-state index is 0.236. The highest BCUT2D eigenvalue weighted by Crippen LogP contribution is 2.30. The van der Waals surface area contributed by atoms with Crippen molar-refractivity contribution < 1.29 is 4.39 Å². The van der Waals surface area contributed by atoms with Gasteiger partial charge in [0.25, 0.3) is 0 Å². The molecule has 3 nitrogen and oxygen atoms in total. The van der Waals surface area contributed by atoms with Crippen LogP contribution in [-0.4, -0.2) is 9.97 Å². The molecule has 29 heavy (non-hydrogen) atoms. The number of nitrogens with zero attached hydrogens (tertiary/aromatic N) is 2. The zero-order valence-corrected chi connectivity index (χ0v) is 17.1. The first-order valence-corrected chi connectivity index (χ1v) is 10.7. The number of nitrogens with one attached hydrogen (secondary N) is 1. The van der Waals surface area contributed by atoms with Crippen molar-refractivity contribution in [2.75, 3.05) is 5.32 Å². The van der Waals surface area contributed by atoms with E-state index in [1.807, 2.05) is 24.3 Å². The van der Waals surface area contributed by atoms with Crippen LogP contribution in [0.1, 0.15) is 43.4 Å². The molecule has 1 aliphatic carbocycles. The molecule has 1 N–H and O–H groups in total. The smallest absolute Gasteiger partial charge is 0.126 e. The molecule has 2 aromatic heterocycles. The lowest BCUT2D eigenvalue weighted by atomic mass is 9.86. The van der Waals surface area contributed by atoms with E-state index in [0.717, 1.165) is 40.7 Å². The predicted octanol–water partition coefficient (Wildman–Crippen LogP) is 6.67. The largest absolute Gasteiger partial charge is 0.366 e. The second-order valence-corrected chi connectivity index (χ2v) is 8.16. The molecule has 0 atom stereocenters. The Morgan fingerprint density at radius 2 is 1.86 bits per heavy atom. The van der Waals surface area contributed by atoms with Crippen LogP contribution in [0.2, 0.25) is 5.02 Å². The first-order chi connectivity index (χ1) is 14.2. The Morgan fingerprint density at radius 1 is 1.03 bits per heavy atom. The fourth-order valence-electron chi connectivity index (χ4n) is 4.00. The Balaban J connectivity index is 1.50. The van der Waals surface area contributed by atoms with Crippen LogP contribution in [-0.2, 0) is 13.0 Å². The summed E-state index contributed by atoms with van der Waals surface area (Å²) in [5, 5.41) is 3.87.